The van der Waals surface area contributed by atoms with Crippen molar-refractivity contribution in [2.24, 2.45) is 5.73 Å². The SMILES string of the molecule is COc1cc(F)ccc1-c1ccc2c(c1C(N)c1c(OC)cccc1OC)C(C)=CC(C)(C)N2. The Morgan fingerprint density at radius 3 is 2.09 bits per heavy atom. The van der Waals surface area contributed by atoms with Gasteiger partial charge in [0.2, 0.25) is 0 Å². The zero-order valence-electron chi connectivity index (χ0n) is 20.5. The number of halogens is 1. The fourth-order valence-electron chi connectivity index (χ4n) is 4.92. The molecule has 0 fully saturated rings. The van der Waals surface area contributed by atoms with Crippen LogP contribution in [0.3, 0.4) is 0 Å². The normalized spacial score (nSPS) is 15.0. The highest BCUT2D eigenvalue weighted by atomic mass is 19.1. The molecule has 3 aromatic carbocycles. The summed E-state index contributed by atoms with van der Waals surface area (Å²) in [7, 11) is 4.77. The average molecular weight is 463 g/mol. The van der Waals surface area contributed by atoms with E-state index >= 15 is 0 Å². The third-order valence-corrected chi connectivity index (χ3v) is 6.22. The number of anilines is 1. The monoisotopic (exact) mass is 462 g/mol. The van der Waals surface area contributed by atoms with Gasteiger partial charge in [-0.1, -0.05) is 18.2 Å². The topological polar surface area (TPSA) is 65.7 Å². The number of ether oxygens (including phenoxy) is 3. The maximum atomic E-state index is 14.0. The minimum absolute atomic E-state index is 0.213. The molecule has 0 amide bonds. The van der Waals surface area contributed by atoms with Crippen molar-refractivity contribution in [2.75, 3.05) is 26.6 Å². The number of hydrogen-bond donors (Lipinski definition) is 2. The highest BCUT2D eigenvalue weighted by Crippen LogP contribution is 2.48. The van der Waals surface area contributed by atoms with Crippen molar-refractivity contribution in [1.82, 2.24) is 0 Å². The maximum absolute atomic E-state index is 14.0. The molecule has 1 aliphatic heterocycles. The summed E-state index contributed by atoms with van der Waals surface area (Å²) in [5, 5.41) is 3.60. The number of allylic oxidation sites excluding steroid dienone is 1. The number of benzene rings is 3. The van der Waals surface area contributed by atoms with E-state index in [2.05, 4.69) is 32.2 Å². The Kier molecular flexibility index (Phi) is 6.28. The van der Waals surface area contributed by atoms with Crippen LogP contribution in [0.1, 0.15) is 43.5 Å². The molecule has 1 atom stereocenters. The summed E-state index contributed by atoms with van der Waals surface area (Å²) < 4.78 is 30.9. The smallest absolute Gasteiger partial charge is 0.129 e. The van der Waals surface area contributed by atoms with Crippen LogP contribution in [-0.4, -0.2) is 26.9 Å². The van der Waals surface area contributed by atoms with Crippen LogP contribution < -0.4 is 25.3 Å². The fourth-order valence-corrected chi connectivity index (χ4v) is 4.92. The Morgan fingerprint density at radius 1 is 0.853 bits per heavy atom. The average Bonchev–Trinajstić information content (AvgIpc) is 2.81. The summed E-state index contributed by atoms with van der Waals surface area (Å²) in [5.41, 5.74) is 13.1. The molecule has 0 aromatic heterocycles. The lowest BCUT2D eigenvalue weighted by atomic mass is 9.80. The highest BCUT2D eigenvalue weighted by molar-refractivity contribution is 5.89. The van der Waals surface area contributed by atoms with Crippen LogP contribution in [0.5, 0.6) is 17.2 Å². The van der Waals surface area contributed by atoms with Gasteiger partial charge in [0.25, 0.3) is 0 Å². The predicted molar refractivity (Wildman–Crippen MR) is 135 cm³/mol. The number of rotatable bonds is 6. The predicted octanol–water partition coefficient (Wildman–Crippen LogP) is 6.17. The van der Waals surface area contributed by atoms with Gasteiger partial charge in [0.1, 0.15) is 23.1 Å². The van der Waals surface area contributed by atoms with Gasteiger partial charge in [0, 0.05) is 22.9 Å². The van der Waals surface area contributed by atoms with E-state index in [-0.39, 0.29) is 11.4 Å². The standard InChI is InChI=1S/C28H31FN2O3/c1-16-15-28(2,3)31-20-13-12-19(18-11-10-17(29)14-23(18)34-6)25(24(16)20)27(30)26-21(32-4)8-7-9-22(26)33-5/h7-15,27,31H,30H2,1-6H3. The molecule has 6 heteroatoms. The van der Waals surface area contributed by atoms with Gasteiger partial charge >= 0.3 is 0 Å². The van der Waals surface area contributed by atoms with Crippen molar-refractivity contribution >= 4 is 11.3 Å². The van der Waals surface area contributed by atoms with Gasteiger partial charge in [-0.05, 0) is 67.8 Å². The van der Waals surface area contributed by atoms with Crippen molar-refractivity contribution in [3.05, 3.63) is 77.1 Å². The minimum atomic E-state index is -0.600. The third kappa shape index (κ3) is 4.10. The molecular formula is C28H31FN2O3. The van der Waals surface area contributed by atoms with Gasteiger partial charge < -0.3 is 25.3 Å². The molecule has 178 valence electrons. The van der Waals surface area contributed by atoms with Gasteiger partial charge in [0.05, 0.1) is 38.5 Å². The summed E-state index contributed by atoms with van der Waals surface area (Å²) in [4.78, 5) is 0. The van der Waals surface area contributed by atoms with Crippen LogP contribution in [-0.2, 0) is 0 Å². The van der Waals surface area contributed by atoms with Crippen LogP contribution >= 0.6 is 0 Å². The summed E-state index contributed by atoms with van der Waals surface area (Å²) >= 11 is 0. The van der Waals surface area contributed by atoms with Crippen LogP contribution in [0, 0.1) is 5.82 Å². The van der Waals surface area contributed by atoms with Gasteiger partial charge in [0.15, 0.2) is 0 Å². The quantitative estimate of drug-likeness (QED) is 0.458. The Labute approximate surface area is 200 Å². The first-order valence-corrected chi connectivity index (χ1v) is 11.2. The molecule has 3 aromatic rings. The lowest BCUT2D eigenvalue weighted by Crippen LogP contribution is -2.32. The highest BCUT2D eigenvalue weighted by Gasteiger charge is 2.31. The van der Waals surface area contributed by atoms with E-state index in [0.29, 0.717) is 17.2 Å². The van der Waals surface area contributed by atoms with E-state index in [1.807, 2.05) is 30.3 Å². The molecule has 0 spiro atoms. The molecule has 0 radical (unpaired) electrons. The van der Waals surface area contributed by atoms with E-state index in [1.54, 1.807) is 20.3 Å². The van der Waals surface area contributed by atoms with E-state index in [0.717, 1.165) is 39.1 Å². The molecule has 5 nitrogen and oxygen atoms in total. The number of hydrogen-bond acceptors (Lipinski definition) is 5. The van der Waals surface area contributed by atoms with Crippen LogP contribution in [0.25, 0.3) is 16.7 Å². The first-order chi connectivity index (χ1) is 16.2. The second-order valence-corrected chi connectivity index (χ2v) is 9.02. The molecule has 0 aliphatic carbocycles. The molecule has 1 heterocycles. The maximum Gasteiger partial charge on any atom is 0.129 e. The van der Waals surface area contributed by atoms with Crippen LogP contribution in [0.15, 0.2) is 54.6 Å². The van der Waals surface area contributed by atoms with Gasteiger partial charge in [-0.15, -0.1) is 0 Å². The summed E-state index contributed by atoms with van der Waals surface area (Å²) in [6, 6.07) is 13.6. The van der Waals surface area contributed by atoms with Gasteiger partial charge in [-0.25, -0.2) is 4.39 Å². The Bertz CT molecular complexity index is 1240. The van der Waals surface area contributed by atoms with E-state index in [4.69, 9.17) is 19.9 Å². The zero-order chi connectivity index (χ0) is 24.6. The molecule has 3 N–H and O–H groups in total. The number of fused-ring (bicyclic) bond motifs is 1. The van der Waals surface area contributed by atoms with E-state index in [1.165, 1.54) is 19.2 Å². The van der Waals surface area contributed by atoms with Crippen molar-refractivity contribution in [1.29, 1.82) is 0 Å². The van der Waals surface area contributed by atoms with E-state index in [9.17, 15) is 4.39 Å². The first-order valence-electron chi connectivity index (χ1n) is 11.2. The molecule has 0 saturated heterocycles. The van der Waals surface area contributed by atoms with Crippen LogP contribution in [0.2, 0.25) is 0 Å². The molecule has 1 aliphatic rings. The van der Waals surface area contributed by atoms with Gasteiger partial charge in [-0.3, -0.25) is 0 Å². The van der Waals surface area contributed by atoms with Crippen molar-refractivity contribution in [3.8, 4) is 28.4 Å². The Morgan fingerprint density at radius 2 is 1.47 bits per heavy atom. The van der Waals surface area contributed by atoms with Gasteiger partial charge in [-0.2, -0.15) is 0 Å². The lowest BCUT2D eigenvalue weighted by molar-refractivity contribution is 0.382. The number of methoxy groups -OCH3 is 3. The molecule has 0 saturated carbocycles. The fraction of sp³-hybridized carbons (Fsp3) is 0.286. The molecule has 0 bridgehead atoms. The number of nitrogens with two attached hydrogens (primary N) is 1. The summed E-state index contributed by atoms with van der Waals surface area (Å²) in [5.74, 6) is 1.33. The van der Waals surface area contributed by atoms with E-state index < -0.39 is 6.04 Å². The lowest BCUT2D eigenvalue weighted by Gasteiger charge is -2.35. The molecular weight excluding hydrogens is 431 g/mol. The second-order valence-electron chi connectivity index (χ2n) is 9.02. The Hall–Kier alpha value is -3.51. The number of nitrogens with one attached hydrogen (secondary N) is 1. The zero-order valence-corrected chi connectivity index (χ0v) is 20.5. The Balaban J connectivity index is 2.07. The molecule has 4 rings (SSSR count). The van der Waals surface area contributed by atoms with Crippen molar-refractivity contribution in [2.45, 2.75) is 32.4 Å². The van der Waals surface area contributed by atoms with Crippen molar-refractivity contribution in [3.63, 3.8) is 0 Å². The second kappa shape index (κ2) is 9.03. The first kappa shape index (κ1) is 23.6. The summed E-state index contributed by atoms with van der Waals surface area (Å²) in [6.45, 7) is 6.33. The molecule has 1 unspecified atom stereocenters. The van der Waals surface area contributed by atoms with Crippen LogP contribution in [0.4, 0.5) is 10.1 Å². The largest absolute Gasteiger partial charge is 0.496 e. The summed E-state index contributed by atoms with van der Waals surface area (Å²) in [6.07, 6.45) is 2.19. The third-order valence-electron chi connectivity index (χ3n) is 6.22. The minimum Gasteiger partial charge on any atom is -0.496 e. The molecule has 34 heavy (non-hydrogen) atoms. The van der Waals surface area contributed by atoms with Crippen molar-refractivity contribution < 1.29 is 18.6 Å².